The molecule has 0 amide bonds. The molecule has 0 radical (unpaired) electrons. The predicted molar refractivity (Wildman–Crippen MR) is 102 cm³/mol. The van der Waals surface area contributed by atoms with Crippen molar-refractivity contribution < 1.29 is 35.9 Å². The average Bonchev–Trinajstić information content (AvgIpc) is 2.72. The van der Waals surface area contributed by atoms with E-state index in [0.29, 0.717) is 0 Å². The molecule has 7 nitrogen and oxygen atoms in total. The molecule has 1 unspecified atom stereocenters. The molecule has 1 N–H and O–H groups in total. The normalized spacial score (nSPS) is 12.6. The van der Waals surface area contributed by atoms with E-state index >= 15 is 0 Å². The van der Waals surface area contributed by atoms with Crippen LogP contribution in [0, 0.1) is 17.2 Å². The highest BCUT2D eigenvalue weighted by Crippen LogP contribution is 2.29. The summed E-state index contributed by atoms with van der Waals surface area (Å²) in [7, 11) is -4.31. The number of rotatable bonds is 8. The number of hydrogen-bond donors (Lipinski definition) is 1. The van der Waals surface area contributed by atoms with Gasteiger partial charge in [0, 0.05) is 12.1 Å². The number of ether oxygens (including phenoxy) is 1. The van der Waals surface area contributed by atoms with Gasteiger partial charge in [-0.2, -0.15) is 18.4 Å². The highest BCUT2D eigenvalue weighted by atomic mass is 32.2. The van der Waals surface area contributed by atoms with Crippen molar-refractivity contribution >= 4 is 21.8 Å². The molecule has 0 heterocycles. The highest BCUT2D eigenvalue weighted by molar-refractivity contribution is 7.89. The van der Waals surface area contributed by atoms with Gasteiger partial charge in [0.15, 0.2) is 5.78 Å². The van der Waals surface area contributed by atoms with Gasteiger partial charge < -0.3 is 4.74 Å². The van der Waals surface area contributed by atoms with E-state index < -0.39 is 44.3 Å². The Balaban J connectivity index is 2.27. The molecule has 1 atom stereocenters. The van der Waals surface area contributed by atoms with Crippen molar-refractivity contribution in [1.29, 1.82) is 5.26 Å². The van der Waals surface area contributed by atoms with Crippen LogP contribution in [0.1, 0.15) is 28.4 Å². The lowest BCUT2D eigenvalue weighted by atomic mass is 9.99. The molecule has 0 aliphatic carbocycles. The van der Waals surface area contributed by atoms with Gasteiger partial charge in [0.1, 0.15) is 0 Å². The number of sulfonamides is 1. The number of carbonyl (C=O) groups excluding carboxylic acids is 2. The number of nitrogens with zero attached hydrogens (tertiary/aromatic N) is 1. The SMILES string of the molecule is CCOC(=O)C(C#N)C(=O)c1ccccc1S(=O)(=O)NCc1ccc(C(F)(F)F)cc1. The third kappa shape index (κ3) is 5.90. The van der Waals surface area contributed by atoms with Crippen molar-refractivity contribution in [3.8, 4) is 6.07 Å². The lowest BCUT2D eigenvalue weighted by Crippen LogP contribution is -2.29. The molecule has 0 spiro atoms. The van der Waals surface area contributed by atoms with E-state index in [1.807, 2.05) is 0 Å². The minimum Gasteiger partial charge on any atom is -0.465 e. The van der Waals surface area contributed by atoms with Gasteiger partial charge in [-0.05, 0) is 36.8 Å². The van der Waals surface area contributed by atoms with E-state index in [1.165, 1.54) is 25.1 Å². The number of carbonyl (C=O) groups is 2. The number of halogens is 3. The Bertz CT molecular complexity index is 1110. The standard InChI is InChI=1S/C20H17F3N2O5S/c1-2-30-19(27)16(11-24)18(26)15-5-3-4-6-17(15)31(28,29)25-12-13-7-9-14(10-8-13)20(21,22)23/h3-10,16,25H,2,12H2,1H3. The molecule has 2 aromatic carbocycles. The molecule has 0 aromatic heterocycles. The van der Waals surface area contributed by atoms with E-state index in [4.69, 9.17) is 5.26 Å². The van der Waals surface area contributed by atoms with Gasteiger partial charge in [0.05, 0.1) is 23.1 Å². The Labute approximate surface area is 176 Å². The average molecular weight is 454 g/mol. The van der Waals surface area contributed by atoms with Crippen LogP contribution < -0.4 is 4.72 Å². The zero-order valence-corrected chi connectivity index (χ0v) is 17.0. The summed E-state index contributed by atoms with van der Waals surface area (Å²) in [6, 6.07) is 10.4. The summed E-state index contributed by atoms with van der Waals surface area (Å²) >= 11 is 0. The van der Waals surface area contributed by atoms with Crippen molar-refractivity contribution in [1.82, 2.24) is 4.72 Å². The van der Waals surface area contributed by atoms with Gasteiger partial charge in [-0.15, -0.1) is 0 Å². The highest BCUT2D eigenvalue weighted by Gasteiger charge is 2.33. The minimum absolute atomic E-state index is 0.0705. The summed E-state index contributed by atoms with van der Waals surface area (Å²) in [5.41, 5.74) is -1.01. The predicted octanol–water partition coefficient (Wildman–Crippen LogP) is 3.07. The minimum atomic E-state index is -4.52. The quantitative estimate of drug-likeness (QED) is 0.373. The van der Waals surface area contributed by atoms with Crippen LogP contribution in [0.3, 0.4) is 0 Å². The number of benzene rings is 2. The van der Waals surface area contributed by atoms with Crippen LogP contribution in [-0.4, -0.2) is 26.8 Å². The second-order valence-electron chi connectivity index (χ2n) is 6.19. The third-order valence-corrected chi connectivity index (χ3v) is 5.56. The van der Waals surface area contributed by atoms with Crippen LogP contribution in [-0.2, 0) is 32.3 Å². The van der Waals surface area contributed by atoms with Crippen molar-refractivity contribution in [2.75, 3.05) is 6.61 Å². The summed E-state index contributed by atoms with van der Waals surface area (Å²) < 4.78 is 70.2. The second kappa shape index (κ2) is 9.72. The molecule has 0 fully saturated rings. The number of esters is 1. The first kappa shape index (κ1) is 24.0. The fourth-order valence-electron chi connectivity index (χ4n) is 2.57. The Morgan fingerprint density at radius 2 is 1.74 bits per heavy atom. The van der Waals surface area contributed by atoms with Gasteiger partial charge >= 0.3 is 12.1 Å². The fourth-order valence-corrected chi connectivity index (χ4v) is 3.80. The van der Waals surface area contributed by atoms with Crippen molar-refractivity contribution in [2.45, 2.75) is 24.5 Å². The van der Waals surface area contributed by atoms with E-state index in [9.17, 15) is 31.2 Å². The molecule has 31 heavy (non-hydrogen) atoms. The van der Waals surface area contributed by atoms with Crippen LogP contribution in [0.15, 0.2) is 53.4 Å². The van der Waals surface area contributed by atoms with Crippen molar-refractivity contribution in [2.24, 2.45) is 5.92 Å². The van der Waals surface area contributed by atoms with Crippen molar-refractivity contribution in [3.63, 3.8) is 0 Å². The monoisotopic (exact) mass is 454 g/mol. The largest absolute Gasteiger partial charge is 0.465 e. The smallest absolute Gasteiger partial charge is 0.416 e. The summed E-state index contributed by atoms with van der Waals surface area (Å²) in [4.78, 5) is 24.0. The molecule has 0 saturated heterocycles. The maximum atomic E-state index is 12.7. The second-order valence-corrected chi connectivity index (χ2v) is 7.93. The molecular weight excluding hydrogens is 437 g/mol. The molecule has 2 aromatic rings. The van der Waals surface area contributed by atoms with Crippen molar-refractivity contribution in [3.05, 3.63) is 65.2 Å². The van der Waals surface area contributed by atoms with E-state index in [-0.39, 0.29) is 24.3 Å². The summed E-state index contributed by atoms with van der Waals surface area (Å²) in [5, 5.41) is 9.16. The fraction of sp³-hybridized carbons (Fsp3) is 0.250. The lowest BCUT2D eigenvalue weighted by Gasteiger charge is -2.13. The van der Waals surface area contributed by atoms with E-state index in [2.05, 4.69) is 9.46 Å². The van der Waals surface area contributed by atoms with Gasteiger partial charge in [0.25, 0.3) is 0 Å². The van der Waals surface area contributed by atoms with E-state index in [1.54, 1.807) is 0 Å². The van der Waals surface area contributed by atoms with Gasteiger partial charge in [-0.1, -0.05) is 24.3 Å². The van der Waals surface area contributed by atoms with Crippen LogP contribution in [0.4, 0.5) is 13.2 Å². The van der Waals surface area contributed by atoms with Crippen LogP contribution >= 0.6 is 0 Å². The molecule has 2 rings (SSSR count). The van der Waals surface area contributed by atoms with E-state index in [0.717, 1.165) is 36.4 Å². The first-order chi connectivity index (χ1) is 14.5. The molecule has 11 heteroatoms. The molecule has 0 aliphatic rings. The third-order valence-electron chi connectivity index (χ3n) is 4.10. The Morgan fingerprint density at radius 1 is 1.13 bits per heavy atom. The Morgan fingerprint density at radius 3 is 2.29 bits per heavy atom. The van der Waals surface area contributed by atoms with Gasteiger partial charge in [0.2, 0.25) is 15.9 Å². The summed E-state index contributed by atoms with van der Waals surface area (Å²) in [6.07, 6.45) is -4.52. The maximum Gasteiger partial charge on any atom is 0.416 e. The maximum absolute atomic E-state index is 12.7. The van der Waals surface area contributed by atoms with Crippen LogP contribution in [0.25, 0.3) is 0 Å². The number of hydrogen-bond acceptors (Lipinski definition) is 6. The summed E-state index contributed by atoms with van der Waals surface area (Å²) in [5.74, 6) is -3.98. The molecule has 0 aliphatic heterocycles. The zero-order chi connectivity index (χ0) is 23.2. The molecule has 0 saturated carbocycles. The first-order valence-corrected chi connectivity index (χ1v) is 10.3. The molecular formula is C20H17F3N2O5S. The molecule has 0 bridgehead atoms. The van der Waals surface area contributed by atoms with Crippen LogP contribution in [0.2, 0.25) is 0 Å². The number of alkyl halides is 3. The zero-order valence-electron chi connectivity index (χ0n) is 16.1. The lowest BCUT2D eigenvalue weighted by molar-refractivity contribution is -0.144. The summed E-state index contributed by atoms with van der Waals surface area (Å²) in [6.45, 7) is 1.07. The van der Waals surface area contributed by atoms with Crippen LogP contribution in [0.5, 0.6) is 0 Å². The first-order valence-electron chi connectivity index (χ1n) is 8.86. The van der Waals surface area contributed by atoms with Gasteiger partial charge in [-0.3, -0.25) is 9.59 Å². The Kier molecular flexibility index (Phi) is 7.54. The topological polar surface area (TPSA) is 113 Å². The number of ketones is 1. The molecule has 164 valence electrons. The number of Topliss-reactive ketones (excluding diaryl/α,β-unsaturated/α-hetero) is 1. The number of nitrogens with one attached hydrogen (secondary N) is 1. The number of nitriles is 1. The Hall–Kier alpha value is -3.23. The van der Waals surface area contributed by atoms with Gasteiger partial charge in [-0.25, -0.2) is 13.1 Å².